The summed E-state index contributed by atoms with van der Waals surface area (Å²) >= 11 is 0. The molecule has 2 nitrogen and oxygen atoms in total. The fourth-order valence-corrected chi connectivity index (χ4v) is 1.89. The monoisotopic (exact) mass is 156 g/mol. The molecular weight excluding hydrogens is 136 g/mol. The van der Waals surface area contributed by atoms with Gasteiger partial charge in [0.15, 0.2) is 0 Å². The fraction of sp³-hybridized carbons (Fsp3) is 1.00. The highest BCUT2D eigenvalue weighted by Gasteiger charge is 2.25. The first kappa shape index (κ1) is 9.01. The highest BCUT2D eigenvalue weighted by molar-refractivity contribution is 4.84. The molecule has 0 aromatic heterocycles. The van der Waals surface area contributed by atoms with Gasteiger partial charge in [0.25, 0.3) is 0 Å². The molecule has 0 amide bonds. The summed E-state index contributed by atoms with van der Waals surface area (Å²) < 4.78 is 0. The Kier molecular flexibility index (Phi) is 3.34. The van der Waals surface area contributed by atoms with E-state index >= 15 is 0 Å². The molecule has 0 radical (unpaired) electrons. The Labute approximate surface area is 69.5 Å². The van der Waals surface area contributed by atoms with E-state index in [2.05, 4.69) is 19.2 Å². The normalized spacial score (nSPS) is 31.6. The molecule has 0 spiro atoms. The largest absolute Gasteiger partial charge is 0.330 e. The van der Waals surface area contributed by atoms with E-state index in [1.54, 1.807) is 0 Å². The van der Waals surface area contributed by atoms with Gasteiger partial charge in [0.05, 0.1) is 0 Å². The maximum absolute atomic E-state index is 5.66. The summed E-state index contributed by atoms with van der Waals surface area (Å²) in [6.07, 6.45) is 2.55. The number of rotatable bonds is 3. The Balaban J connectivity index is 2.31. The van der Waals surface area contributed by atoms with E-state index in [-0.39, 0.29) is 0 Å². The molecule has 2 unspecified atom stereocenters. The average Bonchev–Trinajstić information content (AvgIpc) is 2.34. The molecule has 3 N–H and O–H groups in total. The molecule has 0 aromatic carbocycles. The summed E-state index contributed by atoms with van der Waals surface area (Å²) in [6, 6.07) is 0.694. The summed E-state index contributed by atoms with van der Waals surface area (Å²) in [5, 5.41) is 3.51. The molecule has 2 atom stereocenters. The molecule has 1 rings (SSSR count). The number of nitrogens with two attached hydrogens (primary N) is 1. The second-order valence-corrected chi connectivity index (χ2v) is 3.97. The Morgan fingerprint density at radius 3 is 2.82 bits per heavy atom. The lowest BCUT2D eigenvalue weighted by atomic mass is 9.93. The van der Waals surface area contributed by atoms with Crippen molar-refractivity contribution >= 4 is 0 Å². The second-order valence-electron chi connectivity index (χ2n) is 3.97. The average molecular weight is 156 g/mol. The first-order valence-corrected chi connectivity index (χ1v) is 4.67. The molecule has 0 saturated carbocycles. The van der Waals surface area contributed by atoms with Gasteiger partial charge in [-0.1, -0.05) is 13.8 Å². The molecular formula is C9H20N2. The summed E-state index contributed by atoms with van der Waals surface area (Å²) in [4.78, 5) is 0. The third-order valence-corrected chi connectivity index (χ3v) is 2.52. The van der Waals surface area contributed by atoms with E-state index < -0.39 is 0 Å². The van der Waals surface area contributed by atoms with Crippen LogP contribution >= 0.6 is 0 Å². The topological polar surface area (TPSA) is 38.0 Å². The van der Waals surface area contributed by atoms with Gasteiger partial charge < -0.3 is 11.1 Å². The van der Waals surface area contributed by atoms with Gasteiger partial charge in [-0.3, -0.25) is 0 Å². The van der Waals surface area contributed by atoms with Crippen LogP contribution in [0.5, 0.6) is 0 Å². The van der Waals surface area contributed by atoms with Crippen molar-refractivity contribution in [3.8, 4) is 0 Å². The van der Waals surface area contributed by atoms with E-state index in [0.29, 0.717) is 6.04 Å². The molecule has 66 valence electrons. The van der Waals surface area contributed by atoms with Crippen molar-refractivity contribution in [2.24, 2.45) is 17.6 Å². The summed E-state index contributed by atoms with van der Waals surface area (Å²) in [5.41, 5.74) is 5.66. The highest BCUT2D eigenvalue weighted by atomic mass is 15.0. The zero-order chi connectivity index (χ0) is 8.27. The van der Waals surface area contributed by atoms with Crippen LogP contribution in [0.3, 0.4) is 0 Å². The van der Waals surface area contributed by atoms with E-state index in [1.165, 1.54) is 19.4 Å². The quantitative estimate of drug-likeness (QED) is 0.639. The lowest BCUT2D eigenvalue weighted by molar-refractivity contribution is 0.382. The zero-order valence-electron chi connectivity index (χ0n) is 7.64. The summed E-state index contributed by atoms with van der Waals surface area (Å²) in [6.45, 7) is 6.56. The minimum absolute atomic E-state index is 0.694. The van der Waals surface area contributed by atoms with Gasteiger partial charge in [0.2, 0.25) is 0 Å². The molecule has 2 heteroatoms. The zero-order valence-corrected chi connectivity index (χ0v) is 7.64. The van der Waals surface area contributed by atoms with Crippen LogP contribution in [0.2, 0.25) is 0 Å². The van der Waals surface area contributed by atoms with Crippen molar-refractivity contribution in [2.75, 3.05) is 13.1 Å². The van der Waals surface area contributed by atoms with Crippen molar-refractivity contribution in [3.05, 3.63) is 0 Å². The third kappa shape index (κ3) is 2.46. The standard InChI is InChI=1S/C9H20N2/c1-7(2)5-9-8(6-10)3-4-11-9/h7-9,11H,3-6,10H2,1-2H3. The molecule has 1 aliphatic rings. The van der Waals surface area contributed by atoms with Crippen molar-refractivity contribution in [3.63, 3.8) is 0 Å². The van der Waals surface area contributed by atoms with Crippen molar-refractivity contribution < 1.29 is 0 Å². The number of nitrogens with one attached hydrogen (secondary N) is 1. The Morgan fingerprint density at radius 1 is 1.55 bits per heavy atom. The maximum Gasteiger partial charge on any atom is 0.0110 e. The van der Waals surface area contributed by atoms with Crippen LogP contribution in [-0.4, -0.2) is 19.1 Å². The maximum atomic E-state index is 5.66. The van der Waals surface area contributed by atoms with Crippen LogP contribution in [0.4, 0.5) is 0 Å². The Bertz CT molecular complexity index is 112. The molecule has 0 aromatic rings. The lowest BCUT2D eigenvalue weighted by Crippen LogP contribution is -2.32. The summed E-state index contributed by atoms with van der Waals surface area (Å²) in [7, 11) is 0. The van der Waals surface area contributed by atoms with Gasteiger partial charge in [-0.2, -0.15) is 0 Å². The van der Waals surface area contributed by atoms with Crippen molar-refractivity contribution in [1.82, 2.24) is 5.32 Å². The van der Waals surface area contributed by atoms with Crippen LogP contribution < -0.4 is 11.1 Å². The van der Waals surface area contributed by atoms with Crippen molar-refractivity contribution in [1.29, 1.82) is 0 Å². The lowest BCUT2D eigenvalue weighted by Gasteiger charge is -2.19. The van der Waals surface area contributed by atoms with Crippen molar-refractivity contribution in [2.45, 2.75) is 32.7 Å². The van der Waals surface area contributed by atoms with Gasteiger partial charge >= 0.3 is 0 Å². The van der Waals surface area contributed by atoms with Gasteiger partial charge in [0.1, 0.15) is 0 Å². The SMILES string of the molecule is CC(C)CC1NCCC1CN. The predicted molar refractivity (Wildman–Crippen MR) is 48.4 cm³/mol. The van der Waals surface area contributed by atoms with Gasteiger partial charge in [0, 0.05) is 6.04 Å². The van der Waals surface area contributed by atoms with Crippen LogP contribution in [0.25, 0.3) is 0 Å². The minimum atomic E-state index is 0.694. The van der Waals surface area contributed by atoms with Crippen LogP contribution in [0.1, 0.15) is 26.7 Å². The van der Waals surface area contributed by atoms with Crippen LogP contribution in [0, 0.1) is 11.8 Å². The van der Waals surface area contributed by atoms with Gasteiger partial charge in [-0.25, -0.2) is 0 Å². The molecule has 1 fully saturated rings. The smallest absolute Gasteiger partial charge is 0.0110 e. The first-order chi connectivity index (χ1) is 5.24. The number of hydrogen-bond acceptors (Lipinski definition) is 2. The second kappa shape index (κ2) is 4.07. The predicted octanol–water partition coefficient (Wildman–Crippen LogP) is 0.969. The Hall–Kier alpha value is -0.0800. The molecule has 1 aliphatic heterocycles. The third-order valence-electron chi connectivity index (χ3n) is 2.52. The molecule has 1 saturated heterocycles. The van der Waals surface area contributed by atoms with E-state index in [9.17, 15) is 0 Å². The first-order valence-electron chi connectivity index (χ1n) is 4.67. The van der Waals surface area contributed by atoms with Gasteiger partial charge in [-0.15, -0.1) is 0 Å². The van der Waals surface area contributed by atoms with Crippen LogP contribution in [-0.2, 0) is 0 Å². The van der Waals surface area contributed by atoms with Gasteiger partial charge in [-0.05, 0) is 37.8 Å². The Morgan fingerprint density at radius 2 is 2.27 bits per heavy atom. The molecule has 1 heterocycles. The highest BCUT2D eigenvalue weighted by Crippen LogP contribution is 2.19. The minimum Gasteiger partial charge on any atom is -0.330 e. The summed E-state index contributed by atoms with van der Waals surface area (Å²) in [5.74, 6) is 1.53. The van der Waals surface area contributed by atoms with Crippen LogP contribution in [0.15, 0.2) is 0 Å². The van der Waals surface area contributed by atoms with E-state index in [1.807, 2.05) is 0 Å². The molecule has 0 aliphatic carbocycles. The number of hydrogen-bond donors (Lipinski definition) is 2. The van der Waals surface area contributed by atoms with E-state index in [0.717, 1.165) is 18.4 Å². The fourth-order valence-electron chi connectivity index (χ4n) is 1.89. The van der Waals surface area contributed by atoms with E-state index in [4.69, 9.17) is 5.73 Å². The molecule has 11 heavy (non-hydrogen) atoms. The molecule has 0 bridgehead atoms.